The van der Waals surface area contributed by atoms with Crippen LogP contribution in [0.2, 0.25) is 0 Å². The zero-order chi connectivity index (χ0) is 28.4. The number of oxazole rings is 1. The molecular weight excluding hydrogens is 548 g/mol. The Hall–Kier alpha value is -4.86. The average molecular weight is 571 g/mol. The van der Waals surface area contributed by atoms with Crippen LogP contribution >= 0.6 is 11.8 Å². The van der Waals surface area contributed by atoms with Crippen molar-refractivity contribution >= 4 is 58.2 Å². The lowest BCUT2D eigenvalue weighted by Crippen LogP contribution is -2.71. The Morgan fingerprint density at radius 3 is 2.90 bits per heavy atom. The molecule has 0 spiro atoms. The number of β-lactam (4-membered cyclic amide) rings is 1. The highest BCUT2D eigenvalue weighted by Gasteiger charge is 2.53. The first-order chi connectivity index (χ1) is 19.3. The summed E-state index contributed by atoms with van der Waals surface area (Å²) in [6.45, 7) is 1.34. The minimum atomic E-state index is -1.51. The number of nitrogens with zero attached hydrogens (tertiary/aromatic N) is 4. The summed E-state index contributed by atoms with van der Waals surface area (Å²) in [5.41, 5.74) is 5.81. The molecule has 2 atom stereocenters. The summed E-state index contributed by atoms with van der Waals surface area (Å²) >= 11 is 1.28. The third kappa shape index (κ3) is 5.20. The van der Waals surface area contributed by atoms with Crippen LogP contribution in [-0.2, 0) is 35.3 Å². The molecule has 5 heterocycles. The molecular formula is C24H22N6O9S. The second-order valence-corrected chi connectivity index (χ2v) is 9.65. The van der Waals surface area contributed by atoms with E-state index in [1.807, 2.05) is 6.07 Å². The van der Waals surface area contributed by atoms with E-state index in [0.717, 1.165) is 16.5 Å². The van der Waals surface area contributed by atoms with E-state index in [1.165, 1.54) is 11.8 Å². The first kappa shape index (κ1) is 26.7. The van der Waals surface area contributed by atoms with Gasteiger partial charge in [0.05, 0.1) is 24.5 Å². The Kier molecular flexibility index (Phi) is 7.41. The molecule has 2 amide bonds. The quantitative estimate of drug-likeness (QED) is 0.0957. The molecule has 0 aromatic carbocycles. The maximum atomic E-state index is 13.1. The van der Waals surface area contributed by atoms with Crippen molar-refractivity contribution in [3.05, 3.63) is 54.0 Å². The van der Waals surface area contributed by atoms with E-state index in [4.69, 9.17) is 24.1 Å². The van der Waals surface area contributed by atoms with Crippen LogP contribution in [0.1, 0.15) is 12.6 Å². The van der Waals surface area contributed by atoms with Crippen molar-refractivity contribution in [1.29, 1.82) is 0 Å². The standard InChI is InChI=1S/C24H22N6O9S/c1-2-36-16(31)10-39-28-17(14-9-38-24(25)26-14)20(32)27-18-21(33)30-19(23(34)35)13(11-40-22(18)30)7-29-5-3-12-4-6-37-15(12)8-29/h3-6,8-9,18,22H,2,7,10-11H2,1H3,(H3-,25,26,27,32,34,35)/t18?,22-/m0/s1. The molecule has 208 valence electrons. The smallest absolute Gasteiger partial charge is 0.347 e. The number of ether oxygens (including phenoxy) is 1. The molecule has 1 unspecified atom stereocenters. The van der Waals surface area contributed by atoms with E-state index in [2.05, 4.69) is 15.5 Å². The van der Waals surface area contributed by atoms with Crippen LogP contribution in [-0.4, -0.2) is 69.7 Å². The van der Waals surface area contributed by atoms with Gasteiger partial charge in [-0.15, -0.1) is 11.8 Å². The van der Waals surface area contributed by atoms with Crippen molar-refractivity contribution < 1.29 is 47.3 Å². The third-order valence-electron chi connectivity index (χ3n) is 5.98. The van der Waals surface area contributed by atoms with Gasteiger partial charge in [0.15, 0.2) is 24.0 Å². The number of pyridine rings is 1. The largest absolute Gasteiger partial charge is 0.543 e. The summed E-state index contributed by atoms with van der Waals surface area (Å²) in [6.07, 6.45) is 6.10. The van der Waals surface area contributed by atoms with Crippen LogP contribution in [0.5, 0.6) is 0 Å². The molecule has 2 aliphatic heterocycles. The zero-order valence-electron chi connectivity index (χ0n) is 20.9. The summed E-state index contributed by atoms with van der Waals surface area (Å²) in [4.78, 5) is 59.7. The lowest BCUT2D eigenvalue weighted by molar-refractivity contribution is -0.688. The number of nitrogen functional groups attached to an aromatic ring is 1. The molecule has 0 saturated carbocycles. The zero-order valence-corrected chi connectivity index (χ0v) is 21.7. The van der Waals surface area contributed by atoms with Gasteiger partial charge >= 0.3 is 5.97 Å². The highest BCUT2D eigenvalue weighted by Crippen LogP contribution is 2.40. The maximum Gasteiger partial charge on any atom is 0.347 e. The molecule has 3 aromatic rings. The fourth-order valence-electron chi connectivity index (χ4n) is 4.22. The average Bonchev–Trinajstić information content (AvgIpc) is 3.57. The van der Waals surface area contributed by atoms with E-state index in [1.54, 1.807) is 36.2 Å². The Balaban J connectivity index is 1.32. The number of fused-ring (bicyclic) bond motifs is 2. The molecule has 0 aliphatic carbocycles. The number of carbonyl (C=O) groups is 4. The van der Waals surface area contributed by atoms with Crippen LogP contribution in [0, 0.1) is 0 Å². The van der Waals surface area contributed by atoms with E-state index in [9.17, 15) is 24.3 Å². The van der Waals surface area contributed by atoms with Gasteiger partial charge in [-0.2, -0.15) is 9.55 Å². The number of amides is 2. The summed E-state index contributed by atoms with van der Waals surface area (Å²) in [5, 5.41) is 18.5. The Labute approximate surface area is 229 Å². The number of furan rings is 1. The first-order valence-corrected chi connectivity index (χ1v) is 12.9. The van der Waals surface area contributed by atoms with Gasteiger partial charge in [0, 0.05) is 22.8 Å². The lowest BCUT2D eigenvalue weighted by Gasteiger charge is -2.50. The van der Waals surface area contributed by atoms with Gasteiger partial charge in [-0.05, 0) is 13.0 Å². The lowest BCUT2D eigenvalue weighted by atomic mass is 10.0. The highest BCUT2D eigenvalue weighted by molar-refractivity contribution is 8.00. The molecule has 3 N–H and O–H groups in total. The van der Waals surface area contributed by atoms with Crippen LogP contribution in [0.15, 0.2) is 62.3 Å². The molecule has 16 heteroatoms. The molecule has 0 radical (unpaired) electrons. The van der Waals surface area contributed by atoms with Crippen LogP contribution in [0.3, 0.4) is 0 Å². The van der Waals surface area contributed by atoms with E-state index < -0.39 is 47.5 Å². The number of aliphatic carboxylic acids is 1. The fourth-order valence-corrected chi connectivity index (χ4v) is 5.55. The van der Waals surface area contributed by atoms with Crippen molar-refractivity contribution in [3.63, 3.8) is 0 Å². The second kappa shape index (κ2) is 11.1. The Bertz CT molecular complexity index is 1560. The number of hydrogen-bond donors (Lipinski definition) is 2. The molecule has 5 rings (SSSR count). The predicted molar refractivity (Wildman–Crippen MR) is 134 cm³/mol. The molecule has 0 bridgehead atoms. The molecule has 15 nitrogen and oxygen atoms in total. The Morgan fingerprint density at radius 1 is 1.35 bits per heavy atom. The number of thioether (sulfide) groups is 1. The number of oxime groups is 1. The Morgan fingerprint density at radius 2 is 2.17 bits per heavy atom. The monoisotopic (exact) mass is 570 g/mol. The number of nitrogens with one attached hydrogen (secondary N) is 1. The van der Waals surface area contributed by atoms with Crippen LogP contribution in [0.25, 0.3) is 11.0 Å². The minimum absolute atomic E-state index is 0.109. The van der Waals surface area contributed by atoms with Crippen molar-refractivity contribution in [2.45, 2.75) is 24.9 Å². The number of hydrogen-bond acceptors (Lipinski definition) is 13. The third-order valence-corrected chi connectivity index (χ3v) is 7.32. The normalized spacial score (nSPS) is 18.8. The van der Waals surface area contributed by atoms with E-state index in [-0.39, 0.29) is 36.3 Å². The number of nitrogens with two attached hydrogens (primary N) is 1. The molecule has 1 saturated heterocycles. The number of aromatic nitrogens is 2. The first-order valence-electron chi connectivity index (χ1n) is 11.9. The van der Waals surface area contributed by atoms with Gasteiger partial charge in [0.2, 0.25) is 12.8 Å². The number of carboxylic acid groups (broad SMARTS) is 1. The van der Waals surface area contributed by atoms with Gasteiger partial charge in [-0.3, -0.25) is 14.5 Å². The molecule has 3 aromatic heterocycles. The number of anilines is 1. The number of carboxylic acids is 1. The van der Waals surface area contributed by atoms with E-state index in [0.29, 0.717) is 11.2 Å². The SMILES string of the molecule is CCOC(=O)CON=C(C(=O)NC1C(=O)N2C(C(=O)[O-])=C(C[n+]3ccc4ccoc4c3)CS[C@@H]12)c1coc(N)n1. The van der Waals surface area contributed by atoms with Gasteiger partial charge in [-0.25, -0.2) is 4.79 Å². The van der Waals surface area contributed by atoms with Gasteiger partial charge in [0.1, 0.15) is 23.4 Å². The topological polar surface area (TPSA) is 206 Å². The second-order valence-electron chi connectivity index (χ2n) is 8.55. The fraction of sp³-hybridized carbons (Fsp3) is 0.292. The number of carbonyl (C=O) groups excluding carboxylic acids is 4. The molecule has 40 heavy (non-hydrogen) atoms. The summed E-state index contributed by atoms with van der Waals surface area (Å²) < 4.78 is 16.8. The minimum Gasteiger partial charge on any atom is -0.543 e. The number of esters is 1. The summed E-state index contributed by atoms with van der Waals surface area (Å²) in [6, 6.07) is 2.30. The van der Waals surface area contributed by atoms with Crippen molar-refractivity contribution in [2.24, 2.45) is 5.16 Å². The maximum absolute atomic E-state index is 13.1. The van der Waals surface area contributed by atoms with Crippen molar-refractivity contribution in [2.75, 3.05) is 24.7 Å². The van der Waals surface area contributed by atoms with Crippen LogP contribution in [0.4, 0.5) is 6.01 Å². The highest BCUT2D eigenvalue weighted by atomic mass is 32.2. The van der Waals surface area contributed by atoms with Gasteiger partial charge in [-0.1, -0.05) is 5.16 Å². The van der Waals surface area contributed by atoms with Crippen LogP contribution < -0.4 is 20.7 Å². The van der Waals surface area contributed by atoms with Crippen molar-refractivity contribution in [3.8, 4) is 0 Å². The summed E-state index contributed by atoms with van der Waals surface area (Å²) in [5.74, 6) is -3.50. The molecule has 2 aliphatic rings. The van der Waals surface area contributed by atoms with Crippen molar-refractivity contribution in [1.82, 2.24) is 15.2 Å². The van der Waals surface area contributed by atoms with E-state index >= 15 is 0 Å². The summed E-state index contributed by atoms with van der Waals surface area (Å²) in [7, 11) is 0. The predicted octanol–water partition coefficient (Wildman–Crippen LogP) is -1.32. The molecule has 1 fully saturated rings. The number of rotatable bonds is 10. The van der Waals surface area contributed by atoms with Gasteiger partial charge in [0.25, 0.3) is 17.8 Å². The van der Waals surface area contributed by atoms with Gasteiger partial charge < -0.3 is 39.4 Å².